The topological polar surface area (TPSA) is 89.8 Å². The molecule has 0 radical (unpaired) electrons. The van der Waals surface area contributed by atoms with Crippen LogP contribution < -0.4 is 5.32 Å². The van der Waals surface area contributed by atoms with Gasteiger partial charge < -0.3 is 9.88 Å². The van der Waals surface area contributed by atoms with Crippen molar-refractivity contribution in [2.24, 2.45) is 5.92 Å². The molecule has 1 saturated carbocycles. The number of alkyl halides is 3. The van der Waals surface area contributed by atoms with Gasteiger partial charge in [0.15, 0.2) is 5.82 Å². The van der Waals surface area contributed by atoms with E-state index in [1.165, 1.54) is 30.3 Å². The minimum absolute atomic E-state index is 0.000722. The molecule has 1 aromatic carbocycles. The van der Waals surface area contributed by atoms with E-state index in [1.54, 1.807) is 6.92 Å². The summed E-state index contributed by atoms with van der Waals surface area (Å²) in [6.45, 7) is 2.65. The van der Waals surface area contributed by atoms with Crippen LogP contribution in [0.3, 0.4) is 0 Å². The first-order valence-electron chi connectivity index (χ1n) is 11.6. The lowest BCUT2D eigenvalue weighted by Gasteiger charge is -2.18. The summed E-state index contributed by atoms with van der Waals surface area (Å²) < 4.78 is 55.1. The summed E-state index contributed by atoms with van der Waals surface area (Å²) in [7, 11) is 0. The van der Waals surface area contributed by atoms with E-state index < -0.39 is 23.9 Å². The first-order chi connectivity index (χ1) is 17.0. The van der Waals surface area contributed by atoms with Crippen molar-refractivity contribution in [1.29, 1.82) is 0 Å². The van der Waals surface area contributed by atoms with Gasteiger partial charge in [-0.3, -0.25) is 9.59 Å². The van der Waals surface area contributed by atoms with E-state index in [0.717, 1.165) is 43.5 Å². The van der Waals surface area contributed by atoms with E-state index in [1.807, 2.05) is 0 Å². The van der Waals surface area contributed by atoms with Crippen molar-refractivity contribution >= 4 is 17.5 Å². The van der Waals surface area contributed by atoms with Crippen LogP contribution in [0.4, 0.5) is 23.4 Å². The summed E-state index contributed by atoms with van der Waals surface area (Å²) in [5.41, 5.74) is 0.951. The monoisotopic (exact) mass is 503 g/mol. The maximum absolute atomic E-state index is 14.7. The number of halogens is 4. The smallest absolute Gasteiger partial charge is 0.306 e. The van der Waals surface area contributed by atoms with Crippen LogP contribution in [0.2, 0.25) is 0 Å². The summed E-state index contributed by atoms with van der Waals surface area (Å²) in [4.78, 5) is 29.7. The second-order valence-corrected chi connectivity index (χ2v) is 9.02. The molecule has 2 heterocycles. The maximum atomic E-state index is 14.7. The minimum Gasteiger partial charge on any atom is -0.306 e. The molecule has 190 valence electrons. The van der Waals surface area contributed by atoms with E-state index >= 15 is 0 Å². The van der Waals surface area contributed by atoms with Crippen molar-refractivity contribution < 1.29 is 27.2 Å². The van der Waals surface area contributed by atoms with Gasteiger partial charge in [0.25, 0.3) is 5.91 Å². The van der Waals surface area contributed by atoms with Crippen molar-refractivity contribution in [3.8, 4) is 11.5 Å². The van der Waals surface area contributed by atoms with Crippen LogP contribution in [-0.2, 0) is 11.2 Å². The minimum atomic E-state index is -4.53. The molecule has 0 saturated heterocycles. The zero-order valence-electron chi connectivity index (χ0n) is 19.8. The summed E-state index contributed by atoms with van der Waals surface area (Å²) in [5, 5.41) is 9.78. The Kier molecular flexibility index (Phi) is 7.18. The van der Waals surface area contributed by atoms with Crippen molar-refractivity contribution in [2.75, 3.05) is 5.32 Å². The second kappa shape index (κ2) is 10.2. The predicted molar refractivity (Wildman–Crippen MR) is 124 cm³/mol. The van der Waals surface area contributed by atoms with Gasteiger partial charge in [0.1, 0.15) is 35.5 Å². The number of ketones is 1. The Morgan fingerprint density at radius 3 is 2.61 bits per heavy atom. The van der Waals surface area contributed by atoms with Gasteiger partial charge in [-0.2, -0.15) is 13.2 Å². The zero-order valence-corrected chi connectivity index (χ0v) is 19.8. The quantitative estimate of drug-likeness (QED) is 0.432. The van der Waals surface area contributed by atoms with Crippen molar-refractivity contribution in [3.05, 3.63) is 59.2 Å². The molecule has 3 aromatic rings. The number of pyridine rings is 1. The number of aromatic nitrogens is 4. The standard InChI is InChI=1S/C25H25F4N5O2/c1-14-10-19(26)18(11-17(14)12-21(35)16-6-3-4-7-16)24(36)32-22-9-5-8-20(31-22)23-33-30-13-34(23)15(2)25(27,28)29/h5,8-11,13,15-16H,3-4,6-7,12H2,1-2H3,(H,31,32,36)/t15-/m0/s1. The normalized spacial score (nSPS) is 15.2. The van der Waals surface area contributed by atoms with Crippen molar-refractivity contribution in [2.45, 2.75) is 58.2 Å². The lowest BCUT2D eigenvalue weighted by Crippen LogP contribution is -2.24. The van der Waals surface area contributed by atoms with Crippen LogP contribution in [0.1, 0.15) is 60.1 Å². The Hall–Kier alpha value is -3.63. The summed E-state index contributed by atoms with van der Waals surface area (Å²) in [6, 6.07) is 5.03. The number of benzene rings is 1. The molecular weight excluding hydrogens is 478 g/mol. The van der Waals surface area contributed by atoms with Gasteiger partial charge in [-0.1, -0.05) is 18.9 Å². The Morgan fingerprint density at radius 1 is 1.19 bits per heavy atom. The summed E-state index contributed by atoms with van der Waals surface area (Å²) in [5.74, 6) is -1.60. The highest BCUT2D eigenvalue weighted by molar-refractivity contribution is 6.04. The maximum Gasteiger partial charge on any atom is 0.408 e. The predicted octanol–water partition coefficient (Wildman–Crippen LogP) is 5.47. The number of Topliss-reactive ketones (excluding diaryl/α,β-unsaturated/α-hetero) is 1. The van der Waals surface area contributed by atoms with E-state index in [2.05, 4.69) is 20.5 Å². The first-order valence-corrected chi connectivity index (χ1v) is 11.6. The van der Waals surface area contributed by atoms with E-state index in [4.69, 9.17) is 0 Å². The van der Waals surface area contributed by atoms with Crippen LogP contribution in [0.25, 0.3) is 11.5 Å². The van der Waals surface area contributed by atoms with E-state index in [-0.39, 0.29) is 41.0 Å². The number of nitrogens with zero attached hydrogens (tertiary/aromatic N) is 4. The number of anilines is 1. The fourth-order valence-electron chi connectivity index (χ4n) is 4.34. The molecule has 1 atom stereocenters. The van der Waals surface area contributed by atoms with Crippen LogP contribution in [0.15, 0.2) is 36.7 Å². The molecule has 7 nitrogen and oxygen atoms in total. The summed E-state index contributed by atoms with van der Waals surface area (Å²) >= 11 is 0. The lowest BCUT2D eigenvalue weighted by molar-refractivity contribution is -0.162. The molecule has 1 aliphatic carbocycles. The summed E-state index contributed by atoms with van der Waals surface area (Å²) in [6.07, 6.45) is 0.291. The third-order valence-corrected chi connectivity index (χ3v) is 6.53. The van der Waals surface area contributed by atoms with Crippen molar-refractivity contribution in [3.63, 3.8) is 0 Å². The fraction of sp³-hybridized carbons (Fsp3) is 0.400. The number of nitrogens with one attached hydrogen (secondary N) is 1. The number of amides is 1. The number of hydrogen-bond donors (Lipinski definition) is 1. The number of carbonyl (C=O) groups is 2. The van der Waals surface area contributed by atoms with Crippen LogP contribution in [0.5, 0.6) is 0 Å². The fourth-order valence-corrected chi connectivity index (χ4v) is 4.34. The number of carbonyl (C=O) groups excluding carboxylic acids is 2. The molecule has 1 N–H and O–H groups in total. The third-order valence-electron chi connectivity index (χ3n) is 6.53. The molecule has 36 heavy (non-hydrogen) atoms. The first kappa shape index (κ1) is 25.5. The van der Waals surface area contributed by atoms with Crippen molar-refractivity contribution in [1.82, 2.24) is 19.7 Å². The van der Waals surface area contributed by atoms with Gasteiger partial charge in [0.05, 0.1) is 5.56 Å². The second-order valence-electron chi connectivity index (χ2n) is 9.02. The van der Waals surface area contributed by atoms with Gasteiger partial charge in [-0.05, 0) is 62.1 Å². The molecular formula is C25H25F4N5O2. The Balaban J connectivity index is 1.55. The highest BCUT2D eigenvalue weighted by atomic mass is 19.4. The molecule has 11 heteroatoms. The molecule has 1 aliphatic rings. The number of rotatable bonds is 7. The van der Waals surface area contributed by atoms with Gasteiger partial charge >= 0.3 is 6.18 Å². The number of hydrogen-bond acceptors (Lipinski definition) is 5. The highest BCUT2D eigenvalue weighted by Crippen LogP contribution is 2.32. The zero-order chi connectivity index (χ0) is 26.0. The van der Waals surface area contributed by atoms with Crippen LogP contribution in [0, 0.1) is 18.7 Å². The van der Waals surface area contributed by atoms with Gasteiger partial charge in [-0.25, -0.2) is 9.37 Å². The molecule has 1 amide bonds. The van der Waals surface area contributed by atoms with Crippen LogP contribution in [-0.4, -0.2) is 37.6 Å². The lowest BCUT2D eigenvalue weighted by atomic mass is 9.93. The molecule has 0 unspecified atom stereocenters. The Morgan fingerprint density at radius 2 is 1.92 bits per heavy atom. The Bertz CT molecular complexity index is 1280. The van der Waals surface area contributed by atoms with Gasteiger partial charge in [0.2, 0.25) is 0 Å². The largest absolute Gasteiger partial charge is 0.408 e. The molecule has 1 fully saturated rings. The third kappa shape index (κ3) is 5.44. The van der Waals surface area contributed by atoms with E-state index in [9.17, 15) is 27.2 Å². The SMILES string of the molecule is Cc1cc(F)c(C(=O)Nc2cccc(-c3nncn3[C@@H](C)C(F)(F)F)n2)cc1CC(=O)C1CCCC1. The molecule has 0 aliphatic heterocycles. The van der Waals surface area contributed by atoms with Gasteiger partial charge in [-0.15, -0.1) is 10.2 Å². The van der Waals surface area contributed by atoms with Gasteiger partial charge in [0, 0.05) is 12.3 Å². The average molecular weight is 504 g/mol. The Labute approximate surface area is 205 Å². The molecule has 4 rings (SSSR count). The highest BCUT2D eigenvalue weighted by Gasteiger charge is 2.38. The average Bonchev–Trinajstić information content (AvgIpc) is 3.52. The molecule has 2 aromatic heterocycles. The van der Waals surface area contributed by atoms with E-state index in [0.29, 0.717) is 11.1 Å². The number of aryl methyl sites for hydroxylation is 1. The van der Waals surface area contributed by atoms with Crippen LogP contribution >= 0.6 is 0 Å². The molecule has 0 bridgehead atoms. The molecule has 0 spiro atoms.